The van der Waals surface area contributed by atoms with Crippen LogP contribution in [0.3, 0.4) is 0 Å². The van der Waals surface area contributed by atoms with E-state index < -0.39 is 0 Å². The SMILES string of the molecule is CCOc1ccc(N2CCN(C3CC3)CC2)nn1. The highest BCUT2D eigenvalue weighted by atomic mass is 16.5. The fourth-order valence-electron chi connectivity index (χ4n) is 2.46. The molecule has 0 atom stereocenters. The molecule has 1 saturated heterocycles. The van der Waals surface area contributed by atoms with E-state index in [0.29, 0.717) is 12.5 Å². The van der Waals surface area contributed by atoms with Gasteiger partial charge in [0, 0.05) is 38.3 Å². The number of piperazine rings is 1. The van der Waals surface area contributed by atoms with E-state index in [1.807, 2.05) is 19.1 Å². The first-order valence-electron chi connectivity index (χ1n) is 6.82. The van der Waals surface area contributed by atoms with Crippen molar-refractivity contribution in [1.82, 2.24) is 15.1 Å². The standard InChI is InChI=1S/C13H20N4O/c1-2-18-13-6-5-12(14-15-13)17-9-7-16(8-10-17)11-3-4-11/h5-6,11H,2-4,7-10H2,1H3. The maximum Gasteiger partial charge on any atom is 0.233 e. The number of hydrogen-bond acceptors (Lipinski definition) is 5. The largest absolute Gasteiger partial charge is 0.477 e. The maximum atomic E-state index is 5.30. The van der Waals surface area contributed by atoms with Crippen molar-refractivity contribution in [2.24, 2.45) is 0 Å². The van der Waals surface area contributed by atoms with Crippen LogP contribution in [0.1, 0.15) is 19.8 Å². The van der Waals surface area contributed by atoms with Crippen LogP contribution in [0.25, 0.3) is 0 Å². The van der Waals surface area contributed by atoms with E-state index in [9.17, 15) is 0 Å². The third kappa shape index (κ3) is 2.56. The first-order valence-corrected chi connectivity index (χ1v) is 6.82. The molecular formula is C13H20N4O. The second-order valence-electron chi connectivity index (χ2n) is 4.92. The summed E-state index contributed by atoms with van der Waals surface area (Å²) < 4.78 is 5.30. The topological polar surface area (TPSA) is 41.5 Å². The third-order valence-electron chi connectivity index (χ3n) is 3.62. The molecule has 1 saturated carbocycles. The Labute approximate surface area is 108 Å². The molecule has 0 amide bonds. The first-order chi connectivity index (χ1) is 8.86. The second-order valence-corrected chi connectivity index (χ2v) is 4.92. The number of hydrogen-bond donors (Lipinski definition) is 0. The molecule has 5 nitrogen and oxygen atoms in total. The van der Waals surface area contributed by atoms with Gasteiger partial charge in [0.15, 0.2) is 5.82 Å². The first kappa shape index (κ1) is 11.7. The predicted octanol–water partition coefficient (Wildman–Crippen LogP) is 1.16. The second kappa shape index (κ2) is 5.10. The van der Waals surface area contributed by atoms with Crippen molar-refractivity contribution in [3.63, 3.8) is 0 Å². The molecular weight excluding hydrogens is 228 g/mol. The van der Waals surface area contributed by atoms with Crippen LogP contribution in [-0.4, -0.2) is 53.9 Å². The predicted molar refractivity (Wildman–Crippen MR) is 70.0 cm³/mol. The summed E-state index contributed by atoms with van der Waals surface area (Å²) in [5.41, 5.74) is 0. The minimum atomic E-state index is 0.609. The molecule has 2 fully saturated rings. The Balaban J connectivity index is 1.57. The van der Waals surface area contributed by atoms with Gasteiger partial charge in [-0.15, -0.1) is 10.2 Å². The fraction of sp³-hybridized carbons (Fsp3) is 0.692. The van der Waals surface area contributed by atoms with Crippen LogP contribution in [-0.2, 0) is 0 Å². The molecule has 0 aromatic carbocycles. The molecule has 1 aromatic rings. The third-order valence-corrected chi connectivity index (χ3v) is 3.62. The summed E-state index contributed by atoms with van der Waals surface area (Å²) in [6.45, 7) is 7.00. The van der Waals surface area contributed by atoms with Gasteiger partial charge in [0.1, 0.15) is 0 Å². The summed E-state index contributed by atoms with van der Waals surface area (Å²) >= 11 is 0. The molecule has 5 heteroatoms. The van der Waals surface area contributed by atoms with Crippen molar-refractivity contribution < 1.29 is 4.74 Å². The molecule has 98 valence electrons. The van der Waals surface area contributed by atoms with Gasteiger partial charge in [0.25, 0.3) is 0 Å². The summed E-state index contributed by atoms with van der Waals surface area (Å²) in [6.07, 6.45) is 2.78. The molecule has 0 unspecified atom stereocenters. The lowest BCUT2D eigenvalue weighted by molar-refractivity contribution is 0.247. The molecule has 1 aromatic heterocycles. The summed E-state index contributed by atoms with van der Waals surface area (Å²) in [4.78, 5) is 4.90. The van der Waals surface area contributed by atoms with Gasteiger partial charge in [0.2, 0.25) is 5.88 Å². The van der Waals surface area contributed by atoms with Gasteiger partial charge in [-0.3, -0.25) is 4.90 Å². The quantitative estimate of drug-likeness (QED) is 0.800. The van der Waals surface area contributed by atoms with Crippen LogP contribution >= 0.6 is 0 Å². The molecule has 0 N–H and O–H groups in total. The zero-order valence-corrected chi connectivity index (χ0v) is 10.9. The van der Waals surface area contributed by atoms with Gasteiger partial charge in [-0.25, -0.2) is 0 Å². The zero-order valence-electron chi connectivity index (χ0n) is 10.9. The van der Waals surface area contributed by atoms with Gasteiger partial charge in [-0.2, -0.15) is 0 Å². The fourth-order valence-corrected chi connectivity index (χ4v) is 2.46. The molecule has 3 rings (SSSR count). The van der Waals surface area contributed by atoms with Crippen LogP contribution < -0.4 is 9.64 Å². The molecule has 1 aliphatic heterocycles. The average Bonchev–Trinajstić information content (AvgIpc) is 3.25. The zero-order chi connectivity index (χ0) is 12.4. The monoisotopic (exact) mass is 248 g/mol. The maximum absolute atomic E-state index is 5.30. The van der Waals surface area contributed by atoms with Crippen LogP contribution in [0.15, 0.2) is 12.1 Å². The smallest absolute Gasteiger partial charge is 0.233 e. The van der Waals surface area contributed by atoms with Crippen LogP contribution in [0.5, 0.6) is 5.88 Å². The lowest BCUT2D eigenvalue weighted by Gasteiger charge is -2.35. The van der Waals surface area contributed by atoms with Crippen molar-refractivity contribution in [1.29, 1.82) is 0 Å². The average molecular weight is 248 g/mol. The minimum Gasteiger partial charge on any atom is -0.477 e. The molecule has 18 heavy (non-hydrogen) atoms. The van der Waals surface area contributed by atoms with E-state index in [1.165, 1.54) is 12.8 Å². The van der Waals surface area contributed by atoms with E-state index >= 15 is 0 Å². The van der Waals surface area contributed by atoms with Crippen LogP contribution in [0, 0.1) is 0 Å². The highest BCUT2D eigenvalue weighted by molar-refractivity contribution is 5.38. The number of aromatic nitrogens is 2. The van der Waals surface area contributed by atoms with Gasteiger partial charge >= 0.3 is 0 Å². The molecule has 1 aliphatic carbocycles. The van der Waals surface area contributed by atoms with Crippen molar-refractivity contribution in [2.45, 2.75) is 25.8 Å². The minimum absolute atomic E-state index is 0.609. The summed E-state index contributed by atoms with van der Waals surface area (Å²) in [7, 11) is 0. The Morgan fingerprint density at radius 3 is 2.50 bits per heavy atom. The summed E-state index contributed by atoms with van der Waals surface area (Å²) in [5, 5.41) is 8.32. The number of nitrogens with zero attached hydrogens (tertiary/aromatic N) is 4. The number of rotatable bonds is 4. The van der Waals surface area contributed by atoms with Crippen molar-refractivity contribution in [3.05, 3.63) is 12.1 Å². The van der Waals surface area contributed by atoms with E-state index in [2.05, 4.69) is 20.0 Å². The van der Waals surface area contributed by atoms with Crippen molar-refractivity contribution in [3.8, 4) is 5.88 Å². The normalized spacial score (nSPS) is 21.1. The van der Waals surface area contributed by atoms with E-state index in [4.69, 9.17) is 4.74 Å². The van der Waals surface area contributed by atoms with Gasteiger partial charge in [-0.05, 0) is 25.8 Å². The van der Waals surface area contributed by atoms with Crippen LogP contribution in [0.4, 0.5) is 5.82 Å². The van der Waals surface area contributed by atoms with Crippen molar-refractivity contribution >= 4 is 5.82 Å². The Morgan fingerprint density at radius 1 is 1.17 bits per heavy atom. The molecule has 0 radical (unpaired) electrons. The number of ether oxygens (including phenoxy) is 1. The highest BCUT2D eigenvalue weighted by Crippen LogP contribution is 2.28. The van der Waals surface area contributed by atoms with Gasteiger partial charge in [0.05, 0.1) is 6.61 Å². The Morgan fingerprint density at radius 2 is 1.94 bits per heavy atom. The van der Waals surface area contributed by atoms with Gasteiger partial charge in [-0.1, -0.05) is 0 Å². The summed E-state index contributed by atoms with van der Waals surface area (Å²) in [5.74, 6) is 1.58. The van der Waals surface area contributed by atoms with Crippen molar-refractivity contribution in [2.75, 3.05) is 37.7 Å². The Bertz CT molecular complexity index is 382. The van der Waals surface area contributed by atoms with Crippen LogP contribution in [0.2, 0.25) is 0 Å². The Hall–Kier alpha value is -1.36. The van der Waals surface area contributed by atoms with E-state index in [1.54, 1.807) is 0 Å². The molecule has 0 bridgehead atoms. The lowest BCUT2D eigenvalue weighted by atomic mass is 10.3. The number of anilines is 1. The molecule has 2 heterocycles. The van der Waals surface area contributed by atoms with Gasteiger partial charge < -0.3 is 9.64 Å². The Kier molecular flexibility index (Phi) is 3.32. The highest BCUT2D eigenvalue weighted by Gasteiger charge is 2.31. The van der Waals surface area contributed by atoms with E-state index in [-0.39, 0.29) is 0 Å². The lowest BCUT2D eigenvalue weighted by Crippen LogP contribution is -2.47. The molecule has 0 spiro atoms. The van der Waals surface area contributed by atoms with E-state index in [0.717, 1.165) is 38.0 Å². The summed E-state index contributed by atoms with van der Waals surface area (Å²) in [6, 6.07) is 4.78. The molecule has 2 aliphatic rings.